The Morgan fingerprint density at radius 3 is 2.91 bits per heavy atom. The Morgan fingerprint density at radius 1 is 1.35 bits per heavy atom. The van der Waals surface area contributed by atoms with Gasteiger partial charge in [0.1, 0.15) is 16.2 Å². The van der Waals surface area contributed by atoms with Gasteiger partial charge in [-0.3, -0.25) is 4.79 Å². The van der Waals surface area contributed by atoms with Crippen LogP contribution in [0.25, 0.3) is 0 Å². The van der Waals surface area contributed by atoms with Crippen molar-refractivity contribution in [3.05, 3.63) is 40.4 Å². The second-order valence-electron chi connectivity index (χ2n) is 6.89. The summed E-state index contributed by atoms with van der Waals surface area (Å²) in [5.74, 6) is 1.31. The van der Waals surface area contributed by atoms with E-state index in [9.17, 15) is 4.79 Å². The van der Waals surface area contributed by atoms with Crippen molar-refractivity contribution < 1.29 is 9.53 Å². The van der Waals surface area contributed by atoms with Crippen molar-refractivity contribution in [1.29, 1.82) is 0 Å². The van der Waals surface area contributed by atoms with Gasteiger partial charge in [0.15, 0.2) is 0 Å². The summed E-state index contributed by atoms with van der Waals surface area (Å²) in [7, 11) is 0. The number of rotatable bonds is 2. The lowest BCUT2D eigenvalue weighted by molar-refractivity contribution is 0.0503. The van der Waals surface area contributed by atoms with Crippen molar-refractivity contribution in [3.63, 3.8) is 0 Å². The van der Waals surface area contributed by atoms with E-state index in [0.717, 1.165) is 29.8 Å². The quantitative estimate of drug-likeness (QED) is 0.849. The molecule has 0 atom stereocenters. The van der Waals surface area contributed by atoms with Crippen LogP contribution in [0.3, 0.4) is 0 Å². The molecule has 0 spiro atoms. The third-order valence-electron chi connectivity index (χ3n) is 4.25. The first-order valence-corrected chi connectivity index (χ1v) is 8.69. The number of carbonyl (C=O) groups excluding carboxylic acids is 1. The number of carbonyl (C=O) groups is 1. The molecule has 1 saturated carbocycles. The van der Waals surface area contributed by atoms with Crippen molar-refractivity contribution in [2.24, 2.45) is 0 Å². The van der Waals surface area contributed by atoms with Crippen LogP contribution in [0.1, 0.15) is 53.5 Å². The summed E-state index contributed by atoms with van der Waals surface area (Å²) in [6.07, 6.45) is 2.23. The summed E-state index contributed by atoms with van der Waals surface area (Å²) >= 11 is 1.21. The first kappa shape index (κ1) is 14.6. The lowest BCUT2D eigenvalue weighted by atomic mass is 10.1. The van der Waals surface area contributed by atoms with E-state index in [0.29, 0.717) is 23.9 Å². The normalized spacial score (nSPS) is 19.7. The molecule has 1 aliphatic heterocycles. The molecule has 0 radical (unpaired) electrons. The van der Waals surface area contributed by atoms with Crippen molar-refractivity contribution in [2.75, 3.05) is 6.54 Å². The lowest BCUT2D eigenvalue weighted by Crippen LogP contribution is -2.43. The predicted molar refractivity (Wildman–Crippen MR) is 87.8 cm³/mol. The summed E-state index contributed by atoms with van der Waals surface area (Å²) in [5, 5.41) is 4.19. The van der Waals surface area contributed by atoms with Crippen molar-refractivity contribution >= 4 is 17.4 Å². The zero-order chi connectivity index (χ0) is 16.0. The number of hydrogen-bond donors (Lipinski definition) is 0. The molecule has 1 aliphatic carbocycles. The maximum Gasteiger partial charge on any atom is 0.267 e. The number of aromatic nitrogens is 2. The molecule has 0 unspecified atom stereocenters. The fraction of sp³-hybridized carbons (Fsp3) is 0.471. The Hall–Kier alpha value is -1.95. The van der Waals surface area contributed by atoms with Crippen LogP contribution < -0.4 is 4.74 Å². The van der Waals surface area contributed by atoms with Gasteiger partial charge in [0, 0.05) is 18.0 Å². The van der Waals surface area contributed by atoms with E-state index >= 15 is 0 Å². The first-order valence-electron chi connectivity index (χ1n) is 7.92. The maximum atomic E-state index is 13.1. The molecule has 0 bridgehead atoms. The van der Waals surface area contributed by atoms with E-state index in [1.54, 1.807) is 0 Å². The summed E-state index contributed by atoms with van der Waals surface area (Å²) < 4.78 is 10.1. The van der Waals surface area contributed by atoms with E-state index in [1.807, 2.05) is 43.0 Å². The fourth-order valence-electron chi connectivity index (χ4n) is 3.04. The minimum atomic E-state index is -0.430. The Kier molecular flexibility index (Phi) is 3.37. The lowest BCUT2D eigenvalue weighted by Gasteiger charge is -2.29. The van der Waals surface area contributed by atoms with E-state index in [4.69, 9.17) is 4.74 Å². The van der Waals surface area contributed by atoms with Crippen LogP contribution in [0, 0.1) is 0 Å². The zero-order valence-electron chi connectivity index (χ0n) is 13.3. The van der Waals surface area contributed by atoms with Crippen LogP contribution in [0.15, 0.2) is 24.3 Å². The second-order valence-corrected chi connectivity index (χ2v) is 7.65. The standard InChI is InChI=1S/C17H19N3O2S/c1-17(2)10-20(9-12-5-3-4-6-13(12)22-17)16(21)15-14(11-7-8-11)18-19-23-15/h3-6,11H,7-10H2,1-2H3. The number of nitrogens with zero attached hydrogens (tertiary/aromatic N) is 3. The molecule has 0 saturated heterocycles. The van der Waals surface area contributed by atoms with Gasteiger partial charge in [-0.1, -0.05) is 22.7 Å². The molecule has 2 aliphatic rings. The summed E-state index contributed by atoms with van der Waals surface area (Å²) in [6, 6.07) is 7.93. The van der Waals surface area contributed by atoms with Gasteiger partial charge in [0.05, 0.1) is 12.2 Å². The highest BCUT2D eigenvalue weighted by Crippen LogP contribution is 2.42. The molecular formula is C17H19N3O2S. The topological polar surface area (TPSA) is 55.3 Å². The summed E-state index contributed by atoms with van der Waals surface area (Å²) in [5.41, 5.74) is 1.49. The Balaban J connectivity index is 1.67. The molecule has 120 valence electrons. The number of para-hydroxylation sites is 1. The monoisotopic (exact) mass is 329 g/mol. The van der Waals surface area contributed by atoms with Gasteiger partial charge in [-0.05, 0) is 44.3 Å². The molecule has 23 heavy (non-hydrogen) atoms. The number of hydrogen-bond acceptors (Lipinski definition) is 5. The maximum absolute atomic E-state index is 13.1. The smallest absolute Gasteiger partial charge is 0.267 e. The number of benzene rings is 1. The molecule has 1 aromatic carbocycles. The molecule has 0 N–H and O–H groups in total. The van der Waals surface area contributed by atoms with Crippen molar-refractivity contribution in [2.45, 2.75) is 44.8 Å². The van der Waals surface area contributed by atoms with E-state index < -0.39 is 5.60 Å². The Labute approximate surface area is 139 Å². The van der Waals surface area contributed by atoms with Gasteiger partial charge in [0.2, 0.25) is 0 Å². The van der Waals surface area contributed by atoms with Crippen LogP contribution >= 0.6 is 11.5 Å². The average molecular weight is 329 g/mol. The number of amides is 1. The molecule has 1 fully saturated rings. The van der Waals surface area contributed by atoms with Gasteiger partial charge in [0.25, 0.3) is 5.91 Å². The van der Waals surface area contributed by atoms with Crippen molar-refractivity contribution in [3.8, 4) is 5.75 Å². The van der Waals surface area contributed by atoms with Crippen LogP contribution in [-0.2, 0) is 6.54 Å². The van der Waals surface area contributed by atoms with Crippen molar-refractivity contribution in [1.82, 2.24) is 14.5 Å². The SMILES string of the molecule is CC1(C)CN(C(=O)c2snnc2C2CC2)Cc2ccccc2O1. The van der Waals surface area contributed by atoms with E-state index in [1.165, 1.54) is 11.5 Å². The highest BCUT2D eigenvalue weighted by atomic mass is 32.1. The molecule has 5 nitrogen and oxygen atoms in total. The molecule has 2 aromatic rings. The van der Waals surface area contributed by atoms with Crippen LogP contribution in [0.2, 0.25) is 0 Å². The minimum Gasteiger partial charge on any atom is -0.486 e. The number of ether oxygens (including phenoxy) is 1. The molecular weight excluding hydrogens is 310 g/mol. The van der Waals surface area contributed by atoms with Crippen LogP contribution in [0.5, 0.6) is 5.75 Å². The molecule has 6 heteroatoms. The minimum absolute atomic E-state index is 0.0234. The number of fused-ring (bicyclic) bond motifs is 1. The molecule has 1 aromatic heterocycles. The van der Waals surface area contributed by atoms with E-state index in [2.05, 4.69) is 9.59 Å². The third-order valence-corrected chi connectivity index (χ3v) is 4.98. The van der Waals surface area contributed by atoms with Gasteiger partial charge in [-0.15, -0.1) is 5.10 Å². The average Bonchev–Trinajstić information content (AvgIpc) is 3.26. The Morgan fingerprint density at radius 2 is 2.13 bits per heavy atom. The van der Waals surface area contributed by atoms with Gasteiger partial charge >= 0.3 is 0 Å². The van der Waals surface area contributed by atoms with Gasteiger partial charge < -0.3 is 9.64 Å². The van der Waals surface area contributed by atoms with Crippen LogP contribution in [-0.4, -0.2) is 32.5 Å². The first-order chi connectivity index (χ1) is 11.0. The zero-order valence-corrected chi connectivity index (χ0v) is 14.1. The molecule has 2 heterocycles. The van der Waals surface area contributed by atoms with Gasteiger partial charge in [-0.2, -0.15) is 0 Å². The van der Waals surface area contributed by atoms with E-state index in [-0.39, 0.29) is 5.91 Å². The summed E-state index contributed by atoms with van der Waals surface area (Å²) in [6.45, 7) is 5.13. The second kappa shape index (κ2) is 5.30. The highest BCUT2D eigenvalue weighted by Gasteiger charge is 2.36. The molecule has 1 amide bonds. The third kappa shape index (κ3) is 2.83. The summed E-state index contributed by atoms with van der Waals surface area (Å²) in [4.78, 5) is 15.6. The fourth-order valence-corrected chi connectivity index (χ4v) is 3.76. The predicted octanol–water partition coefficient (Wildman–Crippen LogP) is 3.23. The van der Waals surface area contributed by atoms with Gasteiger partial charge in [-0.25, -0.2) is 0 Å². The molecule has 4 rings (SSSR count). The largest absolute Gasteiger partial charge is 0.486 e. The van der Waals surface area contributed by atoms with Crippen LogP contribution in [0.4, 0.5) is 0 Å². The highest BCUT2D eigenvalue weighted by molar-refractivity contribution is 7.08. The Bertz CT molecular complexity index is 752.